The molecule has 4 aromatic rings. The molecular weight excluding hydrogens is 456 g/mol. The molecule has 8 nitrogen and oxygen atoms in total. The zero-order valence-corrected chi connectivity index (χ0v) is 20.2. The van der Waals surface area contributed by atoms with E-state index in [2.05, 4.69) is 20.9 Å². The van der Waals surface area contributed by atoms with Crippen molar-refractivity contribution in [2.24, 2.45) is 10.2 Å². The summed E-state index contributed by atoms with van der Waals surface area (Å²) in [4.78, 5) is 25.1. The maximum atomic E-state index is 13.1. The van der Waals surface area contributed by atoms with Gasteiger partial charge in [0.1, 0.15) is 11.4 Å². The average molecular weight is 483 g/mol. The van der Waals surface area contributed by atoms with Crippen LogP contribution in [0.5, 0.6) is 11.5 Å². The van der Waals surface area contributed by atoms with E-state index in [0.717, 1.165) is 10.9 Å². The number of anilines is 1. The Morgan fingerprint density at radius 3 is 2.42 bits per heavy atom. The number of azo groups is 1. The maximum absolute atomic E-state index is 13.1. The van der Waals surface area contributed by atoms with Crippen molar-refractivity contribution in [3.63, 3.8) is 0 Å². The van der Waals surface area contributed by atoms with Gasteiger partial charge >= 0.3 is 0 Å². The van der Waals surface area contributed by atoms with Crippen molar-refractivity contribution in [1.82, 2.24) is 5.32 Å². The number of aromatic hydroxyl groups is 1. The third kappa shape index (κ3) is 5.17. The Balaban J connectivity index is 1.72. The molecule has 0 heterocycles. The first-order valence-electron chi connectivity index (χ1n) is 11.4. The monoisotopic (exact) mass is 482 g/mol. The highest BCUT2D eigenvalue weighted by atomic mass is 16.5. The minimum absolute atomic E-state index is 0.0624. The van der Waals surface area contributed by atoms with Gasteiger partial charge in [-0.25, -0.2) is 0 Å². The highest BCUT2D eigenvalue weighted by Gasteiger charge is 2.19. The van der Waals surface area contributed by atoms with Gasteiger partial charge in [-0.05, 0) is 67.3 Å². The van der Waals surface area contributed by atoms with Gasteiger partial charge in [0.2, 0.25) is 0 Å². The molecule has 4 aromatic carbocycles. The van der Waals surface area contributed by atoms with E-state index in [-0.39, 0.29) is 22.9 Å². The van der Waals surface area contributed by atoms with Gasteiger partial charge in [0.25, 0.3) is 11.8 Å². The number of hydrogen-bond donors (Lipinski definition) is 3. The van der Waals surface area contributed by atoms with E-state index >= 15 is 0 Å². The molecule has 0 saturated carbocycles. The first-order valence-corrected chi connectivity index (χ1v) is 11.4. The molecule has 0 aliphatic rings. The number of carbonyl (C=O) groups excluding carboxylic acids is 2. The summed E-state index contributed by atoms with van der Waals surface area (Å²) < 4.78 is 5.43. The van der Waals surface area contributed by atoms with Crippen LogP contribution in [0.3, 0.4) is 0 Å². The molecule has 0 aromatic heterocycles. The Labute approximate surface area is 208 Å². The van der Waals surface area contributed by atoms with E-state index in [4.69, 9.17) is 4.74 Å². The molecular formula is C28H26N4O4. The lowest BCUT2D eigenvalue weighted by Crippen LogP contribution is -2.17. The van der Waals surface area contributed by atoms with E-state index < -0.39 is 5.91 Å². The summed E-state index contributed by atoms with van der Waals surface area (Å²) in [7, 11) is 1.55. The Hall–Kier alpha value is -4.72. The summed E-state index contributed by atoms with van der Waals surface area (Å²) in [5.41, 5.74) is 2.50. The van der Waals surface area contributed by atoms with Crippen molar-refractivity contribution >= 4 is 39.6 Å². The fourth-order valence-electron chi connectivity index (χ4n) is 3.70. The van der Waals surface area contributed by atoms with E-state index in [9.17, 15) is 14.7 Å². The van der Waals surface area contributed by atoms with Crippen molar-refractivity contribution in [2.75, 3.05) is 19.0 Å². The fraction of sp³-hybridized carbons (Fsp3) is 0.143. The quantitative estimate of drug-likeness (QED) is 0.269. The number of nitrogens with one attached hydrogen (secondary N) is 2. The van der Waals surface area contributed by atoms with Crippen molar-refractivity contribution in [3.8, 4) is 11.5 Å². The number of benzene rings is 4. The fourth-order valence-corrected chi connectivity index (χ4v) is 3.70. The molecule has 182 valence electrons. The number of rotatable bonds is 7. The second kappa shape index (κ2) is 10.7. The van der Waals surface area contributed by atoms with Crippen LogP contribution in [-0.2, 0) is 0 Å². The van der Waals surface area contributed by atoms with E-state index in [1.54, 1.807) is 61.6 Å². The van der Waals surface area contributed by atoms with Crippen LogP contribution in [0, 0.1) is 6.92 Å². The van der Waals surface area contributed by atoms with Gasteiger partial charge in [-0.15, -0.1) is 5.11 Å². The number of amides is 2. The Morgan fingerprint density at radius 1 is 0.944 bits per heavy atom. The Morgan fingerprint density at radius 2 is 1.69 bits per heavy atom. The third-order valence-corrected chi connectivity index (χ3v) is 5.62. The maximum Gasteiger partial charge on any atom is 0.259 e. The standard InChI is InChI=1S/C28H26N4O4/c1-4-36-21-13-11-20(12-14-21)30-28(35)23-15-18-7-5-6-8-22(18)25(26(23)33)32-31-24-16-19(27(34)29-3)10-9-17(24)2/h5-16,33H,4H2,1-3H3,(H,29,34)(H,30,35)/b32-31+. The summed E-state index contributed by atoms with van der Waals surface area (Å²) in [6.45, 7) is 4.29. The van der Waals surface area contributed by atoms with Crippen LogP contribution in [-0.4, -0.2) is 30.6 Å². The SMILES string of the molecule is CCOc1ccc(NC(=O)c2cc3ccccc3c(/N=N/c3cc(C(=O)NC)ccc3C)c2O)cc1. The van der Waals surface area contributed by atoms with Gasteiger partial charge in [-0.2, -0.15) is 5.11 Å². The van der Waals surface area contributed by atoms with Crippen LogP contribution >= 0.6 is 0 Å². The second-order valence-corrected chi connectivity index (χ2v) is 8.03. The van der Waals surface area contributed by atoms with Crippen molar-refractivity contribution in [1.29, 1.82) is 0 Å². The number of nitrogens with zero attached hydrogens (tertiary/aromatic N) is 2. The highest BCUT2D eigenvalue weighted by molar-refractivity contribution is 6.11. The summed E-state index contributed by atoms with van der Waals surface area (Å²) >= 11 is 0. The van der Waals surface area contributed by atoms with Crippen LogP contribution in [0.1, 0.15) is 33.2 Å². The topological polar surface area (TPSA) is 112 Å². The van der Waals surface area contributed by atoms with Crippen LogP contribution in [0.15, 0.2) is 83.0 Å². The van der Waals surface area contributed by atoms with Gasteiger partial charge < -0.3 is 20.5 Å². The lowest BCUT2D eigenvalue weighted by molar-refractivity contribution is 0.0962. The first-order chi connectivity index (χ1) is 17.4. The average Bonchev–Trinajstić information content (AvgIpc) is 2.89. The molecule has 8 heteroatoms. The molecule has 0 aliphatic heterocycles. The van der Waals surface area contributed by atoms with Gasteiger partial charge in [0.15, 0.2) is 5.75 Å². The molecule has 0 bridgehead atoms. The number of carbonyl (C=O) groups is 2. The van der Waals surface area contributed by atoms with E-state index in [0.29, 0.717) is 34.7 Å². The minimum atomic E-state index is -0.489. The number of fused-ring (bicyclic) bond motifs is 1. The molecule has 3 N–H and O–H groups in total. The molecule has 0 fully saturated rings. The molecule has 4 rings (SSSR count). The number of phenolic OH excluding ortho intramolecular Hbond substituents is 1. The number of aryl methyl sites for hydroxylation is 1. The van der Waals surface area contributed by atoms with Gasteiger partial charge in [-0.3, -0.25) is 9.59 Å². The van der Waals surface area contributed by atoms with Crippen molar-refractivity contribution in [3.05, 3.63) is 89.5 Å². The smallest absolute Gasteiger partial charge is 0.259 e. The summed E-state index contributed by atoms with van der Waals surface area (Å²) in [6, 6.07) is 21.0. The molecule has 0 unspecified atom stereocenters. The normalized spacial score (nSPS) is 11.0. The van der Waals surface area contributed by atoms with Crippen LogP contribution in [0.4, 0.5) is 17.1 Å². The molecule has 0 atom stereocenters. The zero-order valence-electron chi connectivity index (χ0n) is 20.2. The summed E-state index contributed by atoms with van der Waals surface area (Å²) in [6.07, 6.45) is 0. The van der Waals surface area contributed by atoms with Crippen LogP contribution < -0.4 is 15.4 Å². The number of hydrogen-bond acceptors (Lipinski definition) is 6. The van der Waals surface area contributed by atoms with Gasteiger partial charge in [-0.1, -0.05) is 30.3 Å². The minimum Gasteiger partial charge on any atom is -0.505 e. The lowest BCUT2D eigenvalue weighted by Gasteiger charge is -2.12. The molecule has 0 radical (unpaired) electrons. The molecule has 0 aliphatic carbocycles. The van der Waals surface area contributed by atoms with Crippen molar-refractivity contribution < 1.29 is 19.4 Å². The number of ether oxygens (including phenoxy) is 1. The summed E-state index contributed by atoms with van der Waals surface area (Å²) in [5, 5.41) is 26.4. The molecule has 0 saturated heterocycles. The summed E-state index contributed by atoms with van der Waals surface area (Å²) in [5.74, 6) is -0.326. The molecule has 36 heavy (non-hydrogen) atoms. The second-order valence-electron chi connectivity index (χ2n) is 8.03. The Bertz CT molecular complexity index is 1460. The Kier molecular flexibility index (Phi) is 7.25. The van der Waals surface area contributed by atoms with Crippen molar-refractivity contribution in [2.45, 2.75) is 13.8 Å². The molecule has 0 spiro atoms. The van der Waals surface area contributed by atoms with E-state index in [1.807, 2.05) is 32.0 Å². The van der Waals surface area contributed by atoms with Crippen LogP contribution in [0.25, 0.3) is 10.8 Å². The molecule has 2 amide bonds. The lowest BCUT2D eigenvalue weighted by atomic mass is 10.0. The zero-order chi connectivity index (χ0) is 25.7. The number of phenols is 1. The predicted octanol–water partition coefficient (Wildman–Crippen LogP) is 6.28. The highest BCUT2D eigenvalue weighted by Crippen LogP contribution is 2.40. The third-order valence-electron chi connectivity index (χ3n) is 5.62. The van der Waals surface area contributed by atoms with Gasteiger partial charge in [0, 0.05) is 23.7 Å². The predicted molar refractivity (Wildman–Crippen MR) is 140 cm³/mol. The van der Waals surface area contributed by atoms with Crippen LogP contribution in [0.2, 0.25) is 0 Å². The van der Waals surface area contributed by atoms with Gasteiger partial charge in [0.05, 0.1) is 17.9 Å². The largest absolute Gasteiger partial charge is 0.505 e. The van der Waals surface area contributed by atoms with E-state index in [1.165, 1.54) is 0 Å². The first kappa shape index (κ1) is 24.4.